The van der Waals surface area contributed by atoms with E-state index >= 15 is 0 Å². The van der Waals surface area contributed by atoms with Crippen molar-refractivity contribution < 1.29 is 13.6 Å². The van der Waals surface area contributed by atoms with Crippen molar-refractivity contribution in [2.75, 3.05) is 6.54 Å². The van der Waals surface area contributed by atoms with E-state index in [2.05, 4.69) is 20.4 Å². The van der Waals surface area contributed by atoms with Crippen molar-refractivity contribution in [3.63, 3.8) is 0 Å². The van der Waals surface area contributed by atoms with Crippen molar-refractivity contribution in [1.29, 1.82) is 0 Å². The zero-order chi connectivity index (χ0) is 22.1. The summed E-state index contributed by atoms with van der Waals surface area (Å²) in [6.07, 6.45) is 0. The fourth-order valence-electron chi connectivity index (χ4n) is 3.35. The average molecular weight is 445 g/mol. The van der Waals surface area contributed by atoms with E-state index in [4.69, 9.17) is 11.6 Å². The van der Waals surface area contributed by atoms with Crippen molar-refractivity contribution >= 4 is 28.5 Å². The van der Waals surface area contributed by atoms with Crippen molar-refractivity contribution in [3.05, 3.63) is 71.0 Å². The lowest BCUT2D eigenvalue weighted by molar-refractivity contribution is 0.0703. The number of hydrogen-bond acceptors (Lipinski definition) is 4. The van der Waals surface area contributed by atoms with Gasteiger partial charge in [0.05, 0.1) is 16.7 Å². The number of aryl methyl sites for hydroxylation is 1. The van der Waals surface area contributed by atoms with E-state index in [1.54, 1.807) is 62.4 Å². The number of carbonyl (C=O) groups is 1. The lowest BCUT2D eigenvalue weighted by Gasteiger charge is -2.14. The van der Waals surface area contributed by atoms with E-state index in [0.717, 1.165) is 4.57 Å². The van der Waals surface area contributed by atoms with Crippen molar-refractivity contribution in [1.82, 2.24) is 29.6 Å². The molecule has 0 unspecified atom stereocenters. The molecule has 0 spiro atoms. The number of aromatic nitrogens is 5. The van der Waals surface area contributed by atoms with Gasteiger partial charge in [0.15, 0.2) is 0 Å². The monoisotopic (exact) mass is 444 g/mol. The predicted octanol–water partition coefficient (Wildman–Crippen LogP) is 4.51. The Labute approximate surface area is 181 Å². The first-order chi connectivity index (χ1) is 14.8. The molecule has 10 heteroatoms. The lowest BCUT2D eigenvalue weighted by atomic mass is 10.1. The number of rotatable bonds is 6. The minimum atomic E-state index is -2.74. The molecule has 2 aromatic heterocycles. The normalized spacial score (nSPS) is 12.5. The zero-order valence-electron chi connectivity index (χ0n) is 16.8. The minimum Gasteiger partial charge on any atom is -0.349 e. The van der Waals surface area contributed by atoms with Crippen LogP contribution in [0.1, 0.15) is 41.7 Å². The number of imidazole rings is 1. The summed E-state index contributed by atoms with van der Waals surface area (Å²) < 4.78 is 29.7. The Morgan fingerprint density at radius 2 is 1.84 bits per heavy atom. The summed E-state index contributed by atoms with van der Waals surface area (Å²) in [4.78, 5) is 21.1. The fourth-order valence-corrected chi connectivity index (χ4v) is 3.47. The molecule has 0 aliphatic rings. The molecular formula is C21H19ClF2N6O. The number of halogens is 3. The molecule has 0 saturated carbocycles. The van der Waals surface area contributed by atoms with Gasteiger partial charge < -0.3 is 5.32 Å². The molecule has 0 fully saturated rings. The summed E-state index contributed by atoms with van der Waals surface area (Å²) in [5, 5.41) is 7.55. The Morgan fingerprint density at radius 3 is 2.55 bits per heavy atom. The maximum atomic E-state index is 13.7. The molecule has 0 saturated heterocycles. The van der Waals surface area contributed by atoms with Gasteiger partial charge in [-0.3, -0.25) is 9.36 Å². The molecule has 4 aromatic rings. The molecule has 2 heterocycles. The summed E-state index contributed by atoms with van der Waals surface area (Å²) in [5.74, 6) is -0.235. The third-order valence-electron chi connectivity index (χ3n) is 4.87. The topological polar surface area (TPSA) is 77.6 Å². The van der Waals surface area contributed by atoms with Gasteiger partial charge in [0, 0.05) is 17.5 Å². The number of alkyl halides is 2. The summed E-state index contributed by atoms with van der Waals surface area (Å²) in [6.45, 7) is 0.820. The Balaban J connectivity index is 1.51. The van der Waals surface area contributed by atoms with Gasteiger partial charge in [0.25, 0.3) is 5.91 Å². The highest BCUT2D eigenvalue weighted by Crippen LogP contribution is 2.27. The van der Waals surface area contributed by atoms with Gasteiger partial charge in [-0.1, -0.05) is 30.7 Å². The third-order valence-corrected chi connectivity index (χ3v) is 5.12. The number of amides is 1. The van der Waals surface area contributed by atoms with Crippen LogP contribution in [0.5, 0.6) is 0 Å². The standard InChI is InChI=1S/C21H19ClF2N6O/c1-12(19-27-16-5-3-4-6-17(16)29(19)21(23)24)11-25-20(31)18-26-13(2)30(28-18)15-9-7-14(22)8-10-15/h3-10,12,21H,11H2,1-2H3,(H,25,31)/t12-/m0/s1. The van der Waals surface area contributed by atoms with Crippen LogP contribution in [-0.4, -0.2) is 36.8 Å². The first-order valence-corrected chi connectivity index (χ1v) is 9.95. The summed E-state index contributed by atoms with van der Waals surface area (Å²) in [5.41, 5.74) is 1.55. The second-order valence-electron chi connectivity index (χ2n) is 7.09. The van der Waals surface area contributed by atoms with Crippen LogP contribution in [-0.2, 0) is 0 Å². The Morgan fingerprint density at radius 1 is 1.13 bits per heavy atom. The summed E-state index contributed by atoms with van der Waals surface area (Å²) >= 11 is 5.91. The van der Waals surface area contributed by atoms with Gasteiger partial charge in [-0.05, 0) is 43.3 Å². The van der Waals surface area contributed by atoms with Gasteiger partial charge in [-0.2, -0.15) is 8.78 Å². The maximum Gasteiger partial charge on any atom is 0.320 e. The summed E-state index contributed by atoms with van der Waals surface area (Å²) in [7, 11) is 0. The van der Waals surface area contributed by atoms with Crippen molar-refractivity contribution in [2.24, 2.45) is 0 Å². The molecule has 0 radical (unpaired) electrons. The highest BCUT2D eigenvalue weighted by atomic mass is 35.5. The van der Waals surface area contributed by atoms with Gasteiger partial charge in [-0.25, -0.2) is 14.6 Å². The molecule has 4 rings (SSSR count). The summed E-state index contributed by atoms with van der Waals surface area (Å²) in [6, 6.07) is 13.7. The van der Waals surface area contributed by atoms with Gasteiger partial charge in [-0.15, -0.1) is 5.10 Å². The van der Waals surface area contributed by atoms with E-state index < -0.39 is 18.4 Å². The molecule has 0 bridgehead atoms. The molecule has 31 heavy (non-hydrogen) atoms. The molecular weight excluding hydrogens is 426 g/mol. The lowest BCUT2D eigenvalue weighted by Crippen LogP contribution is -2.29. The van der Waals surface area contributed by atoms with Gasteiger partial charge >= 0.3 is 6.55 Å². The van der Waals surface area contributed by atoms with Crippen LogP contribution in [0.15, 0.2) is 48.5 Å². The SMILES string of the molecule is Cc1nc(C(=O)NC[C@H](C)c2nc3ccccc3n2C(F)F)nn1-c1ccc(Cl)cc1. The number of hydrogen-bond donors (Lipinski definition) is 1. The smallest absolute Gasteiger partial charge is 0.320 e. The van der Waals surface area contributed by atoms with E-state index in [1.165, 1.54) is 4.68 Å². The van der Waals surface area contributed by atoms with Gasteiger partial charge in [0.2, 0.25) is 5.82 Å². The van der Waals surface area contributed by atoms with Crippen LogP contribution in [0.25, 0.3) is 16.7 Å². The van der Waals surface area contributed by atoms with E-state index in [1.807, 2.05) is 0 Å². The Hall–Kier alpha value is -3.33. The quantitative estimate of drug-likeness (QED) is 0.474. The fraction of sp³-hybridized carbons (Fsp3) is 0.238. The van der Waals surface area contributed by atoms with E-state index in [9.17, 15) is 13.6 Å². The first kappa shape index (κ1) is 20.9. The molecule has 2 aromatic carbocycles. The third kappa shape index (κ3) is 4.13. The molecule has 1 N–H and O–H groups in total. The van der Waals surface area contributed by atoms with Crippen LogP contribution >= 0.6 is 11.6 Å². The molecule has 0 aliphatic heterocycles. The maximum absolute atomic E-state index is 13.7. The average Bonchev–Trinajstić information content (AvgIpc) is 3.33. The molecule has 1 atom stereocenters. The zero-order valence-corrected chi connectivity index (χ0v) is 17.5. The predicted molar refractivity (Wildman–Crippen MR) is 113 cm³/mol. The number of nitrogens with zero attached hydrogens (tertiary/aromatic N) is 5. The van der Waals surface area contributed by atoms with Crippen LogP contribution in [0.4, 0.5) is 8.78 Å². The number of carbonyl (C=O) groups excluding carboxylic acids is 1. The molecule has 1 amide bonds. The van der Waals surface area contributed by atoms with Crippen LogP contribution < -0.4 is 5.32 Å². The Bertz CT molecular complexity index is 1230. The highest BCUT2D eigenvalue weighted by molar-refractivity contribution is 6.30. The highest BCUT2D eigenvalue weighted by Gasteiger charge is 2.23. The van der Waals surface area contributed by atoms with Crippen molar-refractivity contribution in [2.45, 2.75) is 26.3 Å². The second-order valence-corrected chi connectivity index (χ2v) is 7.52. The first-order valence-electron chi connectivity index (χ1n) is 9.58. The number of benzene rings is 2. The Kier molecular flexibility index (Phi) is 5.69. The van der Waals surface area contributed by atoms with Crippen molar-refractivity contribution in [3.8, 4) is 5.69 Å². The number of para-hydroxylation sites is 2. The van der Waals surface area contributed by atoms with Crippen LogP contribution in [0.2, 0.25) is 5.02 Å². The molecule has 0 aliphatic carbocycles. The van der Waals surface area contributed by atoms with E-state index in [0.29, 0.717) is 27.6 Å². The number of fused-ring (bicyclic) bond motifs is 1. The number of nitrogens with one attached hydrogen (secondary N) is 1. The van der Waals surface area contributed by atoms with E-state index in [-0.39, 0.29) is 18.2 Å². The minimum absolute atomic E-state index is 0.0120. The molecule has 160 valence electrons. The van der Waals surface area contributed by atoms with Crippen LogP contribution in [0, 0.1) is 6.92 Å². The second kappa shape index (κ2) is 8.43. The molecule has 7 nitrogen and oxygen atoms in total. The van der Waals surface area contributed by atoms with Crippen LogP contribution in [0.3, 0.4) is 0 Å². The largest absolute Gasteiger partial charge is 0.349 e. The van der Waals surface area contributed by atoms with Gasteiger partial charge in [0.1, 0.15) is 11.6 Å².